The van der Waals surface area contributed by atoms with Crippen LogP contribution in [0, 0.1) is 18.3 Å². The van der Waals surface area contributed by atoms with Crippen molar-refractivity contribution in [3.63, 3.8) is 0 Å². The molecule has 18 heavy (non-hydrogen) atoms. The van der Waals surface area contributed by atoms with Crippen molar-refractivity contribution in [2.24, 2.45) is 0 Å². The highest BCUT2D eigenvalue weighted by Crippen LogP contribution is 2.39. The van der Waals surface area contributed by atoms with E-state index >= 15 is 0 Å². The van der Waals surface area contributed by atoms with Crippen LogP contribution in [0.2, 0.25) is 0 Å². The number of hydrogen-bond acceptors (Lipinski definition) is 3. The number of rotatable bonds is 3. The Balaban J connectivity index is 3.24. The lowest BCUT2D eigenvalue weighted by atomic mass is 10.0. The number of alkyl halides is 3. The van der Waals surface area contributed by atoms with Crippen LogP contribution in [0.4, 0.5) is 13.2 Å². The number of carboxylic acids is 1. The molecule has 0 spiro atoms. The number of nitrogens with zero attached hydrogens (tertiary/aromatic N) is 1. The summed E-state index contributed by atoms with van der Waals surface area (Å²) in [4.78, 5) is 10.4. The Morgan fingerprint density at radius 3 is 2.56 bits per heavy atom. The van der Waals surface area contributed by atoms with Gasteiger partial charge in [-0.25, -0.2) is 0 Å². The van der Waals surface area contributed by atoms with Crippen LogP contribution in [0.15, 0.2) is 17.0 Å². The fraction of sp³-hybridized carbons (Fsp3) is 0.273. The van der Waals surface area contributed by atoms with Crippen LogP contribution in [0.3, 0.4) is 0 Å². The van der Waals surface area contributed by atoms with Crippen molar-refractivity contribution in [3.8, 4) is 6.07 Å². The maximum absolute atomic E-state index is 12.3. The maximum atomic E-state index is 12.3. The van der Waals surface area contributed by atoms with Crippen LogP contribution >= 0.6 is 11.8 Å². The van der Waals surface area contributed by atoms with E-state index in [1.165, 1.54) is 13.0 Å². The fourth-order valence-corrected chi connectivity index (χ4v) is 2.09. The molecule has 0 aliphatic heterocycles. The first kappa shape index (κ1) is 14.4. The van der Waals surface area contributed by atoms with E-state index in [-0.39, 0.29) is 33.3 Å². The van der Waals surface area contributed by atoms with E-state index in [0.717, 1.165) is 6.07 Å². The van der Waals surface area contributed by atoms with Crippen molar-refractivity contribution in [1.82, 2.24) is 0 Å². The van der Waals surface area contributed by atoms with Crippen LogP contribution in [0.1, 0.15) is 16.7 Å². The van der Waals surface area contributed by atoms with Crippen LogP contribution in [0.5, 0.6) is 0 Å². The zero-order valence-corrected chi connectivity index (χ0v) is 10.0. The van der Waals surface area contributed by atoms with Crippen LogP contribution in [0.25, 0.3) is 0 Å². The number of carboxylic acid groups (broad SMARTS) is 1. The van der Waals surface area contributed by atoms with Gasteiger partial charge in [0.05, 0.1) is 18.1 Å². The molecule has 0 saturated heterocycles. The summed E-state index contributed by atoms with van der Waals surface area (Å²) in [5.74, 6) is -1.16. The topological polar surface area (TPSA) is 61.1 Å². The van der Waals surface area contributed by atoms with E-state index in [2.05, 4.69) is 0 Å². The molecule has 0 saturated carbocycles. The summed E-state index contributed by atoms with van der Waals surface area (Å²) in [7, 11) is 0. The number of hydrogen-bond donors (Lipinski definition) is 1. The molecule has 0 unspecified atom stereocenters. The van der Waals surface area contributed by atoms with E-state index in [1.54, 1.807) is 6.07 Å². The number of thioether (sulfide) groups is 1. The first-order valence-electron chi connectivity index (χ1n) is 4.74. The molecule has 96 valence electrons. The molecule has 1 aromatic rings. The second-order valence-electron chi connectivity index (χ2n) is 3.50. The average Bonchev–Trinajstić information content (AvgIpc) is 2.19. The zero-order valence-electron chi connectivity index (χ0n) is 9.21. The molecule has 0 heterocycles. The van der Waals surface area contributed by atoms with Crippen molar-refractivity contribution in [3.05, 3.63) is 28.8 Å². The quantitative estimate of drug-likeness (QED) is 0.861. The average molecular weight is 275 g/mol. The summed E-state index contributed by atoms with van der Waals surface area (Å²) in [6.45, 7) is 1.40. The number of nitriles is 1. The second-order valence-corrected chi connectivity index (χ2v) is 4.60. The smallest absolute Gasteiger partial charge is 0.446 e. The van der Waals surface area contributed by atoms with Gasteiger partial charge in [-0.2, -0.15) is 18.4 Å². The molecule has 0 aliphatic rings. The summed E-state index contributed by atoms with van der Waals surface area (Å²) >= 11 is -0.346. The van der Waals surface area contributed by atoms with E-state index in [0.29, 0.717) is 0 Å². The Kier molecular flexibility index (Phi) is 4.24. The predicted octanol–water partition coefficient (Wildman–Crippen LogP) is 3.11. The minimum Gasteiger partial charge on any atom is -0.481 e. The Bertz CT molecular complexity index is 520. The highest BCUT2D eigenvalue weighted by Gasteiger charge is 2.30. The number of halogens is 3. The second kappa shape index (κ2) is 5.31. The monoisotopic (exact) mass is 275 g/mol. The third-order valence-electron chi connectivity index (χ3n) is 2.12. The van der Waals surface area contributed by atoms with Crippen molar-refractivity contribution in [1.29, 1.82) is 5.26 Å². The van der Waals surface area contributed by atoms with Gasteiger partial charge in [0.15, 0.2) is 0 Å². The number of benzene rings is 1. The summed E-state index contributed by atoms with van der Waals surface area (Å²) in [5, 5.41) is 17.4. The maximum Gasteiger partial charge on any atom is 0.446 e. The molecule has 0 aliphatic carbocycles. The Labute approximate surface area is 105 Å². The van der Waals surface area contributed by atoms with Crippen LogP contribution in [-0.2, 0) is 11.2 Å². The van der Waals surface area contributed by atoms with Crippen molar-refractivity contribution in [2.75, 3.05) is 0 Å². The third kappa shape index (κ3) is 3.96. The molecule has 0 atom stereocenters. The van der Waals surface area contributed by atoms with Gasteiger partial charge in [-0.3, -0.25) is 4.79 Å². The summed E-state index contributed by atoms with van der Waals surface area (Å²) in [6, 6.07) is 4.21. The molecule has 1 aromatic carbocycles. The zero-order chi connectivity index (χ0) is 13.9. The molecule has 0 aromatic heterocycles. The summed E-state index contributed by atoms with van der Waals surface area (Å²) in [5.41, 5.74) is -4.04. The Morgan fingerprint density at radius 1 is 1.50 bits per heavy atom. The Hall–Kier alpha value is -1.68. The van der Waals surface area contributed by atoms with Gasteiger partial charge in [-0.1, -0.05) is 0 Å². The van der Waals surface area contributed by atoms with Crippen molar-refractivity contribution in [2.45, 2.75) is 23.7 Å². The molecule has 0 bridgehead atoms. The molecule has 1 N–H and O–H groups in total. The van der Waals surface area contributed by atoms with Crippen LogP contribution in [-0.4, -0.2) is 16.6 Å². The Morgan fingerprint density at radius 2 is 2.11 bits per heavy atom. The first-order chi connectivity index (χ1) is 8.23. The van der Waals surface area contributed by atoms with Gasteiger partial charge in [0, 0.05) is 4.90 Å². The highest BCUT2D eigenvalue weighted by atomic mass is 32.2. The molecule has 3 nitrogen and oxygen atoms in total. The predicted molar refractivity (Wildman–Crippen MR) is 59.1 cm³/mol. The molecule has 0 fully saturated rings. The standard InChI is InChI=1S/C11H8F3NO2S/c1-6-8(5-15)2-7(4-10(16)17)3-9(6)18-11(12,13)14/h2-3H,4H2,1H3,(H,16,17). The SMILES string of the molecule is Cc1c(C#N)cc(CC(=O)O)cc1SC(F)(F)F. The lowest BCUT2D eigenvalue weighted by Crippen LogP contribution is -2.04. The van der Waals surface area contributed by atoms with Gasteiger partial charge in [-0.15, -0.1) is 0 Å². The van der Waals surface area contributed by atoms with Gasteiger partial charge in [0.1, 0.15) is 0 Å². The minimum absolute atomic E-state index is 0.0560. The first-order valence-corrected chi connectivity index (χ1v) is 5.55. The normalized spacial score (nSPS) is 11.1. The third-order valence-corrected chi connectivity index (χ3v) is 3.00. The molecular formula is C11H8F3NO2S. The number of aliphatic carboxylic acids is 1. The summed E-state index contributed by atoms with van der Waals surface area (Å²) < 4.78 is 36.9. The van der Waals surface area contributed by atoms with Crippen LogP contribution < -0.4 is 0 Å². The molecular weight excluding hydrogens is 267 g/mol. The highest BCUT2D eigenvalue weighted by molar-refractivity contribution is 8.00. The molecule has 0 amide bonds. The minimum atomic E-state index is -4.47. The van der Waals surface area contributed by atoms with Gasteiger partial charge >= 0.3 is 11.5 Å². The van der Waals surface area contributed by atoms with Gasteiger partial charge in [0.2, 0.25) is 0 Å². The fourth-order valence-electron chi connectivity index (χ4n) is 1.37. The lowest BCUT2D eigenvalue weighted by Gasteiger charge is -2.11. The van der Waals surface area contributed by atoms with E-state index in [4.69, 9.17) is 10.4 Å². The van der Waals surface area contributed by atoms with Gasteiger partial charge in [0.25, 0.3) is 0 Å². The van der Waals surface area contributed by atoms with Crippen molar-refractivity contribution < 1.29 is 23.1 Å². The van der Waals surface area contributed by atoms with Crippen molar-refractivity contribution >= 4 is 17.7 Å². The molecule has 1 rings (SSSR count). The van der Waals surface area contributed by atoms with Gasteiger partial charge in [-0.05, 0) is 41.9 Å². The van der Waals surface area contributed by atoms with E-state index < -0.39 is 17.9 Å². The van der Waals surface area contributed by atoms with E-state index in [9.17, 15) is 18.0 Å². The number of carbonyl (C=O) groups is 1. The lowest BCUT2D eigenvalue weighted by molar-refractivity contribution is -0.136. The molecule has 0 radical (unpaired) electrons. The molecule has 7 heteroatoms. The van der Waals surface area contributed by atoms with E-state index in [1.807, 2.05) is 0 Å². The summed E-state index contributed by atoms with van der Waals surface area (Å²) in [6.07, 6.45) is -0.416. The largest absolute Gasteiger partial charge is 0.481 e. The van der Waals surface area contributed by atoms with Gasteiger partial charge < -0.3 is 5.11 Å².